The van der Waals surface area contributed by atoms with Gasteiger partial charge in [0.25, 0.3) is 5.91 Å². The molecule has 4 aromatic rings. The van der Waals surface area contributed by atoms with Crippen LogP contribution in [0.1, 0.15) is 27.0 Å². The number of aromatic nitrogens is 1. The molecular weight excluding hydrogens is 400 g/mol. The van der Waals surface area contributed by atoms with Crippen molar-refractivity contribution in [1.29, 1.82) is 0 Å². The summed E-state index contributed by atoms with van der Waals surface area (Å²) in [5.41, 5.74) is 6.49. The number of pyridine rings is 1. The average Bonchev–Trinajstić information content (AvgIpc) is 2.79. The predicted molar refractivity (Wildman–Crippen MR) is 127 cm³/mol. The Morgan fingerprint density at radius 3 is 2.38 bits per heavy atom. The summed E-state index contributed by atoms with van der Waals surface area (Å²) < 4.78 is 5.37. The van der Waals surface area contributed by atoms with Gasteiger partial charge in [-0.3, -0.25) is 4.79 Å². The molecule has 0 aliphatic heterocycles. The SMILES string of the molecule is Cc1ccc(-c2cc(C(=O)OCC(=O)Nc3cc(C)ccc3C)c3ccccc3n2)cc1. The zero-order valence-corrected chi connectivity index (χ0v) is 18.3. The van der Waals surface area contributed by atoms with Gasteiger partial charge in [-0.25, -0.2) is 9.78 Å². The number of amides is 1. The smallest absolute Gasteiger partial charge is 0.339 e. The number of rotatable bonds is 5. The number of fused-ring (bicyclic) bond motifs is 1. The first kappa shape index (κ1) is 21.2. The van der Waals surface area contributed by atoms with E-state index in [4.69, 9.17) is 9.72 Å². The number of ether oxygens (including phenoxy) is 1. The number of carbonyl (C=O) groups excluding carboxylic acids is 2. The first-order chi connectivity index (χ1) is 15.4. The Kier molecular flexibility index (Phi) is 5.99. The minimum atomic E-state index is -0.562. The Balaban J connectivity index is 1.56. The maximum absolute atomic E-state index is 12.9. The molecule has 1 amide bonds. The highest BCUT2D eigenvalue weighted by Gasteiger charge is 2.17. The van der Waals surface area contributed by atoms with Gasteiger partial charge in [-0.2, -0.15) is 0 Å². The van der Waals surface area contributed by atoms with E-state index in [9.17, 15) is 9.59 Å². The van der Waals surface area contributed by atoms with Crippen molar-refractivity contribution in [1.82, 2.24) is 4.98 Å². The van der Waals surface area contributed by atoms with Crippen LogP contribution in [0, 0.1) is 20.8 Å². The van der Waals surface area contributed by atoms with Crippen LogP contribution in [0.25, 0.3) is 22.2 Å². The van der Waals surface area contributed by atoms with Gasteiger partial charge in [0, 0.05) is 16.6 Å². The van der Waals surface area contributed by atoms with Crippen LogP contribution in [0.15, 0.2) is 72.8 Å². The molecule has 0 aliphatic rings. The molecule has 0 radical (unpaired) electrons. The van der Waals surface area contributed by atoms with E-state index < -0.39 is 5.97 Å². The van der Waals surface area contributed by atoms with Crippen molar-refractivity contribution in [2.45, 2.75) is 20.8 Å². The Morgan fingerprint density at radius 1 is 0.875 bits per heavy atom. The van der Waals surface area contributed by atoms with Gasteiger partial charge >= 0.3 is 5.97 Å². The summed E-state index contributed by atoms with van der Waals surface area (Å²) in [5.74, 6) is -0.947. The van der Waals surface area contributed by atoms with Crippen LogP contribution in [-0.4, -0.2) is 23.5 Å². The standard InChI is InChI=1S/C27H24N2O3/c1-17-9-12-20(13-10-17)25-15-22(21-6-4-5-7-23(21)28-25)27(31)32-16-26(30)29-24-14-18(2)8-11-19(24)3/h4-15H,16H2,1-3H3,(H,29,30). The normalized spacial score (nSPS) is 10.7. The van der Waals surface area contributed by atoms with Gasteiger partial charge in [-0.15, -0.1) is 0 Å². The molecule has 160 valence electrons. The largest absolute Gasteiger partial charge is 0.452 e. The van der Waals surface area contributed by atoms with E-state index in [0.717, 1.165) is 22.3 Å². The maximum Gasteiger partial charge on any atom is 0.339 e. The molecule has 0 saturated carbocycles. The van der Waals surface area contributed by atoms with Crippen LogP contribution < -0.4 is 5.32 Å². The van der Waals surface area contributed by atoms with Gasteiger partial charge in [0.2, 0.25) is 0 Å². The van der Waals surface area contributed by atoms with Crippen LogP contribution in [0.5, 0.6) is 0 Å². The summed E-state index contributed by atoms with van der Waals surface area (Å²) in [6.07, 6.45) is 0. The van der Waals surface area contributed by atoms with E-state index in [0.29, 0.717) is 27.8 Å². The summed E-state index contributed by atoms with van der Waals surface area (Å²) in [6, 6.07) is 22.9. The molecule has 5 nitrogen and oxygen atoms in total. The number of aryl methyl sites for hydroxylation is 3. The van der Waals surface area contributed by atoms with Crippen LogP contribution in [0.4, 0.5) is 5.69 Å². The summed E-state index contributed by atoms with van der Waals surface area (Å²) >= 11 is 0. The van der Waals surface area contributed by atoms with Crippen molar-refractivity contribution in [3.8, 4) is 11.3 Å². The lowest BCUT2D eigenvalue weighted by atomic mass is 10.0. The molecule has 0 fully saturated rings. The van der Waals surface area contributed by atoms with Crippen LogP contribution in [0.2, 0.25) is 0 Å². The van der Waals surface area contributed by atoms with E-state index in [1.165, 1.54) is 0 Å². The summed E-state index contributed by atoms with van der Waals surface area (Å²) in [5, 5.41) is 3.49. The first-order valence-electron chi connectivity index (χ1n) is 10.4. The van der Waals surface area contributed by atoms with Crippen LogP contribution in [-0.2, 0) is 9.53 Å². The third kappa shape index (κ3) is 4.67. The molecule has 1 N–H and O–H groups in total. The zero-order chi connectivity index (χ0) is 22.7. The molecule has 1 heterocycles. The Morgan fingerprint density at radius 2 is 1.59 bits per heavy atom. The number of hydrogen-bond acceptors (Lipinski definition) is 4. The Labute approximate surface area is 187 Å². The second-order valence-corrected chi connectivity index (χ2v) is 7.88. The van der Waals surface area contributed by atoms with Gasteiger partial charge < -0.3 is 10.1 Å². The van der Waals surface area contributed by atoms with Crippen molar-refractivity contribution < 1.29 is 14.3 Å². The molecular formula is C27H24N2O3. The number of benzene rings is 3. The first-order valence-corrected chi connectivity index (χ1v) is 10.4. The second kappa shape index (κ2) is 9.02. The van der Waals surface area contributed by atoms with E-state index in [2.05, 4.69) is 5.32 Å². The molecule has 0 spiro atoms. The fourth-order valence-corrected chi connectivity index (χ4v) is 3.48. The number of anilines is 1. The molecule has 0 bridgehead atoms. The highest BCUT2D eigenvalue weighted by molar-refractivity contribution is 6.05. The van der Waals surface area contributed by atoms with Crippen molar-refractivity contribution >= 4 is 28.5 Å². The van der Waals surface area contributed by atoms with Gasteiger partial charge in [0.05, 0.1) is 16.8 Å². The van der Waals surface area contributed by atoms with Crippen molar-refractivity contribution in [2.24, 2.45) is 0 Å². The Hall–Kier alpha value is -3.99. The van der Waals surface area contributed by atoms with Crippen LogP contribution >= 0.6 is 0 Å². The zero-order valence-electron chi connectivity index (χ0n) is 18.3. The molecule has 0 atom stereocenters. The molecule has 0 unspecified atom stereocenters. The summed E-state index contributed by atoms with van der Waals surface area (Å²) in [6.45, 7) is 5.51. The van der Waals surface area contributed by atoms with Crippen molar-refractivity contribution in [3.63, 3.8) is 0 Å². The second-order valence-electron chi connectivity index (χ2n) is 7.88. The lowest BCUT2D eigenvalue weighted by molar-refractivity contribution is -0.119. The minimum Gasteiger partial charge on any atom is -0.452 e. The molecule has 0 aliphatic carbocycles. The van der Waals surface area contributed by atoms with E-state index in [1.807, 2.05) is 87.5 Å². The van der Waals surface area contributed by atoms with E-state index in [-0.39, 0.29) is 12.5 Å². The van der Waals surface area contributed by atoms with Crippen molar-refractivity contribution in [3.05, 3.63) is 95.1 Å². The molecule has 5 heteroatoms. The number of carbonyl (C=O) groups is 2. The average molecular weight is 425 g/mol. The number of hydrogen-bond donors (Lipinski definition) is 1. The summed E-state index contributed by atoms with van der Waals surface area (Å²) in [7, 11) is 0. The van der Waals surface area contributed by atoms with Gasteiger partial charge in [0.15, 0.2) is 6.61 Å². The van der Waals surface area contributed by atoms with E-state index >= 15 is 0 Å². The topological polar surface area (TPSA) is 68.3 Å². The molecule has 32 heavy (non-hydrogen) atoms. The molecule has 1 aromatic heterocycles. The lowest BCUT2D eigenvalue weighted by Gasteiger charge is -2.12. The number of esters is 1. The van der Waals surface area contributed by atoms with Crippen LogP contribution in [0.3, 0.4) is 0 Å². The third-order valence-electron chi connectivity index (χ3n) is 5.28. The lowest BCUT2D eigenvalue weighted by Crippen LogP contribution is -2.21. The highest BCUT2D eigenvalue weighted by Crippen LogP contribution is 2.26. The van der Waals surface area contributed by atoms with E-state index in [1.54, 1.807) is 6.07 Å². The predicted octanol–water partition coefficient (Wildman–Crippen LogP) is 5.62. The molecule has 3 aromatic carbocycles. The van der Waals surface area contributed by atoms with Gasteiger partial charge in [0.1, 0.15) is 0 Å². The number of nitrogens with zero attached hydrogens (tertiary/aromatic N) is 1. The van der Waals surface area contributed by atoms with Gasteiger partial charge in [-0.05, 0) is 50.1 Å². The third-order valence-corrected chi connectivity index (χ3v) is 5.28. The van der Waals surface area contributed by atoms with Crippen molar-refractivity contribution in [2.75, 3.05) is 11.9 Å². The minimum absolute atomic E-state index is 0.372. The maximum atomic E-state index is 12.9. The number of nitrogens with one attached hydrogen (secondary N) is 1. The fourth-order valence-electron chi connectivity index (χ4n) is 3.48. The fraction of sp³-hybridized carbons (Fsp3) is 0.148. The molecule has 0 saturated heterocycles. The quantitative estimate of drug-likeness (QED) is 0.422. The monoisotopic (exact) mass is 424 g/mol. The summed E-state index contributed by atoms with van der Waals surface area (Å²) in [4.78, 5) is 30.0. The highest BCUT2D eigenvalue weighted by atomic mass is 16.5. The number of para-hydroxylation sites is 1. The molecule has 4 rings (SSSR count). The van der Waals surface area contributed by atoms with Gasteiger partial charge in [-0.1, -0.05) is 60.2 Å². The Bertz CT molecular complexity index is 1310.